The van der Waals surface area contributed by atoms with Gasteiger partial charge in [0, 0.05) is 20.4 Å². The maximum Gasteiger partial charge on any atom is 0.0433 e. The zero-order valence-corrected chi connectivity index (χ0v) is 5.59. The summed E-state index contributed by atoms with van der Waals surface area (Å²) in [6.07, 6.45) is 2.23. The van der Waals surface area contributed by atoms with Crippen LogP contribution < -0.4 is 0 Å². The first kappa shape index (κ1) is 10.4. The smallest absolute Gasteiger partial charge is 0.0433 e. The van der Waals surface area contributed by atoms with Gasteiger partial charge in [-0.25, -0.2) is 0 Å². The van der Waals surface area contributed by atoms with Crippen LogP contribution in [0.25, 0.3) is 0 Å². The highest BCUT2D eigenvalue weighted by Crippen LogP contribution is 1.60. The molecule has 0 atom stereocenters. The maximum atomic E-state index is 7.64. The molecule has 1 N–H and O–H groups in total. The van der Waals surface area contributed by atoms with E-state index in [-0.39, 0.29) is 0 Å². The van der Waals surface area contributed by atoms with Gasteiger partial charge in [-0.3, -0.25) is 0 Å². The molecule has 50 valence electrons. The van der Waals surface area contributed by atoms with Gasteiger partial charge in [0.1, 0.15) is 0 Å². The van der Waals surface area contributed by atoms with E-state index in [0.717, 1.165) is 6.42 Å². The van der Waals surface area contributed by atoms with Crippen molar-refractivity contribution in [2.75, 3.05) is 14.2 Å². The SMILES string of the molecule is CCC=NO.COC. The lowest BCUT2D eigenvalue weighted by atomic mass is 10.6. The van der Waals surface area contributed by atoms with E-state index in [0.29, 0.717) is 0 Å². The highest BCUT2D eigenvalue weighted by atomic mass is 16.4. The summed E-state index contributed by atoms with van der Waals surface area (Å²) < 4.78 is 4.25. The molecule has 0 saturated heterocycles. The van der Waals surface area contributed by atoms with Crippen LogP contribution >= 0.6 is 0 Å². The summed E-state index contributed by atoms with van der Waals surface area (Å²) >= 11 is 0. The van der Waals surface area contributed by atoms with Crippen molar-refractivity contribution in [3.8, 4) is 0 Å². The Morgan fingerprint density at radius 2 is 2.00 bits per heavy atom. The fourth-order valence-electron chi connectivity index (χ4n) is 0.0816. The van der Waals surface area contributed by atoms with Crippen LogP contribution in [0, 0.1) is 0 Å². The average molecular weight is 119 g/mol. The molecule has 3 heteroatoms. The second-order valence-corrected chi connectivity index (χ2v) is 1.11. The van der Waals surface area contributed by atoms with E-state index >= 15 is 0 Å². The van der Waals surface area contributed by atoms with Gasteiger partial charge in [-0.2, -0.15) is 0 Å². The number of hydrogen-bond donors (Lipinski definition) is 1. The van der Waals surface area contributed by atoms with E-state index in [2.05, 4.69) is 9.89 Å². The highest BCUT2D eigenvalue weighted by Gasteiger charge is 1.55. The number of oxime groups is 1. The van der Waals surface area contributed by atoms with Gasteiger partial charge in [-0.15, -0.1) is 5.16 Å². The second-order valence-electron chi connectivity index (χ2n) is 1.11. The standard InChI is InChI=1S/C3H7NO.C2H6O/c1-2-3-4-5;1-3-2/h3,5H,2H2,1H3;1-2H3. The van der Waals surface area contributed by atoms with Gasteiger partial charge in [-0.05, 0) is 6.42 Å². The molecular formula is C5H13NO2. The number of rotatable bonds is 1. The van der Waals surface area contributed by atoms with Crippen molar-refractivity contribution in [3.63, 3.8) is 0 Å². The molecule has 0 unspecified atom stereocenters. The van der Waals surface area contributed by atoms with E-state index in [9.17, 15) is 0 Å². The number of hydrogen-bond acceptors (Lipinski definition) is 3. The Labute approximate surface area is 50.0 Å². The van der Waals surface area contributed by atoms with E-state index < -0.39 is 0 Å². The van der Waals surface area contributed by atoms with E-state index in [1.165, 1.54) is 6.21 Å². The summed E-state index contributed by atoms with van der Waals surface area (Å²) in [7, 11) is 3.25. The molecule has 0 bridgehead atoms. The number of nitrogens with zero attached hydrogens (tertiary/aromatic N) is 1. The lowest BCUT2D eigenvalue weighted by Gasteiger charge is -1.64. The molecular weight excluding hydrogens is 106 g/mol. The quantitative estimate of drug-likeness (QED) is 0.319. The van der Waals surface area contributed by atoms with Gasteiger partial charge < -0.3 is 9.94 Å². The van der Waals surface area contributed by atoms with Crippen molar-refractivity contribution < 1.29 is 9.94 Å². The molecule has 3 nitrogen and oxygen atoms in total. The van der Waals surface area contributed by atoms with Crippen LogP contribution in [0.2, 0.25) is 0 Å². The van der Waals surface area contributed by atoms with Crippen LogP contribution in [0.15, 0.2) is 5.16 Å². The Morgan fingerprint density at radius 3 is 2.00 bits per heavy atom. The number of ether oxygens (including phenoxy) is 1. The normalized spacial score (nSPS) is 8.38. The first-order valence-electron chi connectivity index (χ1n) is 2.39. The minimum Gasteiger partial charge on any atom is -0.411 e. The maximum absolute atomic E-state index is 7.64. The third-order valence-corrected chi connectivity index (χ3v) is 0.264. The molecule has 0 aliphatic carbocycles. The van der Waals surface area contributed by atoms with Crippen LogP contribution in [-0.4, -0.2) is 25.6 Å². The van der Waals surface area contributed by atoms with Crippen molar-refractivity contribution in [2.45, 2.75) is 13.3 Å². The fraction of sp³-hybridized carbons (Fsp3) is 0.800. The molecule has 0 aliphatic heterocycles. The van der Waals surface area contributed by atoms with E-state index in [1.807, 2.05) is 6.92 Å². The lowest BCUT2D eigenvalue weighted by Crippen LogP contribution is -1.61. The first-order chi connectivity index (χ1) is 3.83. The third kappa shape index (κ3) is 52.1. The zero-order valence-electron chi connectivity index (χ0n) is 5.59. The molecule has 0 amide bonds. The summed E-state index contributed by atoms with van der Waals surface area (Å²) in [6.45, 7) is 1.90. The predicted molar refractivity (Wildman–Crippen MR) is 33.5 cm³/mol. The van der Waals surface area contributed by atoms with Crippen molar-refractivity contribution in [3.05, 3.63) is 0 Å². The van der Waals surface area contributed by atoms with Gasteiger partial charge in [0.2, 0.25) is 0 Å². The third-order valence-electron chi connectivity index (χ3n) is 0.264. The molecule has 0 aromatic heterocycles. The zero-order chi connectivity index (χ0) is 6.83. The molecule has 0 aromatic rings. The second kappa shape index (κ2) is 16.1. The van der Waals surface area contributed by atoms with Crippen LogP contribution in [0.4, 0.5) is 0 Å². The summed E-state index contributed by atoms with van der Waals surface area (Å²) in [5.41, 5.74) is 0. The summed E-state index contributed by atoms with van der Waals surface area (Å²) in [5, 5.41) is 10.4. The van der Waals surface area contributed by atoms with Crippen LogP contribution in [-0.2, 0) is 4.74 Å². The monoisotopic (exact) mass is 119 g/mol. The van der Waals surface area contributed by atoms with Gasteiger partial charge >= 0.3 is 0 Å². The van der Waals surface area contributed by atoms with Crippen molar-refractivity contribution in [1.29, 1.82) is 0 Å². The Kier molecular flexibility index (Phi) is 21.0. The molecule has 0 saturated carbocycles. The predicted octanol–water partition coefficient (Wildman–Crippen LogP) is 1.12. The van der Waals surface area contributed by atoms with Crippen LogP contribution in [0.1, 0.15) is 13.3 Å². The van der Waals surface area contributed by atoms with E-state index in [4.69, 9.17) is 5.21 Å². The summed E-state index contributed by atoms with van der Waals surface area (Å²) in [5.74, 6) is 0. The molecule has 0 fully saturated rings. The Hall–Kier alpha value is -0.570. The molecule has 0 aliphatic rings. The summed E-state index contributed by atoms with van der Waals surface area (Å²) in [4.78, 5) is 0. The molecule has 0 radical (unpaired) electrons. The largest absolute Gasteiger partial charge is 0.411 e. The van der Waals surface area contributed by atoms with E-state index in [1.54, 1.807) is 14.2 Å². The van der Waals surface area contributed by atoms with Crippen molar-refractivity contribution >= 4 is 6.21 Å². The lowest BCUT2D eigenvalue weighted by molar-refractivity contribution is 0.277. The Bertz CT molecular complexity index is 45.7. The Balaban J connectivity index is 0. The van der Waals surface area contributed by atoms with Crippen LogP contribution in [0.3, 0.4) is 0 Å². The topological polar surface area (TPSA) is 41.8 Å². The number of methoxy groups -OCH3 is 1. The van der Waals surface area contributed by atoms with Gasteiger partial charge in [0.25, 0.3) is 0 Å². The molecule has 8 heavy (non-hydrogen) atoms. The minimum atomic E-state index is 0.802. The summed E-state index contributed by atoms with van der Waals surface area (Å²) in [6, 6.07) is 0. The molecule has 0 aromatic carbocycles. The fourth-order valence-corrected chi connectivity index (χ4v) is 0.0816. The van der Waals surface area contributed by atoms with Crippen molar-refractivity contribution in [2.24, 2.45) is 5.16 Å². The minimum absolute atomic E-state index is 0.802. The van der Waals surface area contributed by atoms with Gasteiger partial charge in [0.15, 0.2) is 0 Å². The molecule has 0 rings (SSSR count). The molecule has 0 heterocycles. The molecule has 0 spiro atoms. The Morgan fingerprint density at radius 1 is 1.62 bits per heavy atom. The van der Waals surface area contributed by atoms with Gasteiger partial charge in [-0.1, -0.05) is 6.92 Å². The van der Waals surface area contributed by atoms with Crippen molar-refractivity contribution in [1.82, 2.24) is 0 Å². The first-order valence-corrected chi connectivity index (χ1v) is 2.39. The van der Waals surface area contributed by atoms with Gasteiger partial charge in [0.05, 0.1) is 0 Å². The van der Waals surface area contributed by atoms with Crippen LogP contribution in [0.5, 0.6) is 0 Å². The average Bonchev–Trinajstić information content (AvgIpc) is 1.71. The highest BCUT2D eigenvalue weighted by molar-refractivity contribution is 5.55.